The smallest absolute Gasteiger partial charge is 0.131 e. The van der Waals surface area contributed by atoms with E-state index in [1.54, 1.807) is 0 Å². The highest BCUT2D eigenvalue weighted by molar-refractivity contribution is 6.35. The van der Waals surface area contributed by atoms with Crippen molar-refractivity contribution >= 4 is 34.0 Å². The van der Waals surface area contributed by atoms with Crippen LogP contribution in [0, 0.1) is 5.92 Å². The maximum atomic E-state index is 12.8. The van der Waals surface area contributed by atoms with E-state index in [-0.39, 0.29) is 5.92 Å². The number of nitrogens with one attached hydrogen (secondary N) is 1. The van der Waals surface area contributed by atoms with Gasteiger partial charge in [0.2, 0.25) is 0 Å². The number of hydrogen-bond donors (Lipinski definition) is 1. The van der Waals surface area contributed by atoms with E-state index in [0.29, 0.717) is 18.1 Å². The summed E-state index contributed by atoms with van der Waals surface area (Å²) in [6.45, 7) is 0.443. The molecule has 1 saturated carbocycles. The van der Waals surface area contributed by atoms with Crippen molar-refractivity contribution in [3.05, 3.63) is 59.6 Å². The van der Waals surface area contributed by atoms with Gasteiger partial charge in [-0.3, -0.25) is 0 Å². The number of nitrogens with zero attached hydrogens (tertiary/aromatic N) is 1. The molecule has 5 heteroatoms. The fourth-order valence-electron chi connectivity index (χ4n) is 2.55. The zero-order valence-electron chi connectivity index (χ0n) is 12.9. The molecule has 1 aliphatic rings. The lowest BCUT2D eigenvalue weighted by Gasteiger charge is -2.09. The van der Waals surface area contributed by atoms with Crippen LogP contribution in [0.1, 0.15) is 6.42 Å². The van der Waals surface area contributed by atoms with Gasteiger partial charge in [0.15, 0.2) is 0 Å². The Morgan fingerprint density at radius 1 is 1.12 bits per heavy atom. The Balaban J connectivity index is 1.45. The fourth-order valence-corrected chi connectivity index (χ4v) is 2.77. The van der Waals surface area contributed by atoms with Crippen molar-refractivity contribution < 1.29 is 9.13 Å². The zero-order valence-corrected chi connectivity index (χ0v) is 13.6. The number of fused-ring (bicyclic) bond motifs is 1. The van der Waals surface area contributed by atoms with Crippen LogP contribution in [0.25, 0.3) is 10.9 Å². The van der Waals surface area contributed by atoms with Gasteiger partial charge < -0.3 is 10.1 Å². The number of benzene rings is 2. The summed E-state index contributed by atoms with van der Waals surface area (Å²) in [5, 5.41) is 4.88. The van der Waals surface area contributed by atoms with Crippen molar-refractivity contribution in [2.24, 2.45) is 5.92 Å². The number of ether oxygens (including phenoxy) is 1. The van der Waals surface area contributed by atoms with Gasteiger partial charge in [0, 0.05) is 17.0 Å². The topological polar surface area (TPSA) is 34.1 Å². The summed E-state index contributed by atoms with van der Waals surface area (Å²) in [6.07, 6.45) is -0.0627. The Bertz CT molecular complexity index is 869. The molecular weight excluding hydrogens is 327 g/mol. The second-order valence-corrected chi connectivity index (χ2v) is 6.39. The number of rotatable bonds is 5. The molecule has 1 aliphatic carbocycles. The summed E-state index contributed by atoms with van der Waals surface area (Å²) in [4.78, 5) is 4.55. The molecule has 1 aromatic heterocycles. The molecule has 0 aliphatic heterocycles. The number of anilines is 2. The molecule has 0 saturated heterocycles. The summed E-state index contributed by atoms with van der Waals surface area (Å²) in [6, 6.07) is 17.2. The average molecular weight is 343 g/mol. The Morgan fingerprint density at radius 2 is 1.92 bits per heavy atom. The van der Waals surface area contributed by atoms with Crippen molar-refractivity contribution in [2.75, 3.05) is 11.9 Å². The van der Waals surface area contributed by atoms with E-state index in [1.165, 1.54) is 0 Å². The van der Waals surface area contributed by atoms with E-state index in [1.807, 2.05) is 54.6 Å². The first-order valence-electron chi connectivity index (χ1n) is 7.88. The molecule has 0 bridgehead atoms. The molecule has 2 atom stereocenters. The Labute approximate surface area is 144 Å². The predicted octanol–water partition coefficient (Wildman–Crippen LogP) is 5.37. The molecule has 0 amide bonds. The molecule has 0 unspecified atom stereocenters. The standard InChI is InChI=1S/C19H16ClFN2O/c20-16-3-1-2-12-4-9-18(23-19(12)16)22-14-5-7-15(8-6-14)24-11-13-10-17(13)21/h1-9,13,17H,10-11H2,(H,22,23)/t13-,17-/m1/s1. The summed E-state index contributed by atoms with van der Waals surface area (Å²) in [7, 11) is 0. The maximum Gasteiger partial charge on any atom is 0.131 e. The molecule has 0 radical (unpaired) electrons. The number of halogens is 2. The Hall–Kier alpha value is -2.33. The summed E-state index contributed by atoms with van der Waals surface area (Å²) in [5.41, 5.74) is 1.67. The van der Waals surface area contributed by atoms with Crippen LogP contribution in [-0.4, -0.2) is 17.8 Å². The third kappa shape index (κ3) is 3.29. The van der Waals surface area contributed by atoms with Crippen LogP contribution >= 0.6 is 11.6 Å². The van der Waals surface area contributed by atoms with E-state index in [2.05, 4.69) is 10.3 Å². The number of para-hydroxylation sites is 1. The lowest BCUT2D eigenvalue weighted by Crippen LogP contribution is -2.01. The van der Waals surface area contributed by atoms with Crippen LogP contribution in [0.4, 0.5) is 15.9 Å². The molecule has 4 rings (SSSR count). The van der Waals surface area contributed by atoms with E-state index in [0.717, 1.165) is 28.2 Å². The molecule has 24 heavy (non-hydrogen) atoms. The van der Waals surface area contributed by atoms with Gasteiger partial charge in [0.1, 0.15) is 17.7 Å². The van der Waals surface area contributed by atoms with E-state index < -0.39 is 6.17 Å². The number of aromatic nitrogens is 1. The lowest BCUT2D eigenvalue weighted by molar-refractivity contribution is 0.279. The van der Waals surface area contributed by atoms with Crippen LogP contribution in [0.15, 0.2) is 54.6 Å². The van der Waals surface area contributed by atoms with Gasteiger partial charge in [0.25, 0.3) is 0 Å². The van der Waals surface area contributed by atoms with Gasteiger partial charge >= 0.3 is 0 Å². The third-order valence-corrected chi connectivity index (χ3v) is 4.40. The van der Waals surface area contributed by atoms with Crippen LogP contribution in [0.5, 0.6) is 5.75 Å². The van der Waals surface area contributed by atoms with Gasteiger partial charge in [-0.05, 0) is 48.9 Å². The predicted molar refractivity (Wildman–Crippen MR) is 95.0 cm³/mol. The summed E-state index contributed by atoms with van der Waals surface area (Å²) >= 11 is 6.19. The van der Waals surface area contributed by atoms with Crippen LogP contribution in [-0.2, 0) is 0 Å². The van der Waals surface area contributed by atoms with Gasteiger partial charge in [-0.25, -0.2) is 9.37 Å². The van der Waals surface area contributed by atoms with Gasteiger partial charge in [-0.2, -0.15) is 0 Å². The molecule has 2 aromatic carbocycles. The third-order valence-electron chi connectivity index (χ3n) is 4.10. The summed E-state index contributed by atoms with van der Waals surface area (Å²) in [5.74, 6) is 1.53. The van der Waals surface area contributed by atoms with Crippen LogP contribution in [0.2, 0.25) is 5.02 Å². The van der Waals surface area contributed by atoms with Crippen molar-refractivity contribution in [1.29, 1.82) is 0 Å². The van der Waals surface area contributed by atoms with E-state index >= 15 is 0 Å². The van der Waals surface area contributed by atoms with Crippen molar-refractivity contribution in [1.82, 2.24) is 4.98 Å². The fraction of sp³-hybridized carbons (Fsp3) is 0.211. The highest BCUT2D eigenvalue weighted by atomic mass is 35.5. The van der Waals surface area contributed by atoms with Crippen LogP contribution in [0.3, 0.4) is 0 Å². The summed E-state index contributed by atoms with van der Waals surface area (Å²) < 4.78 is 18.4. The first-order chi connectivity index (χ1) is 11.7. The van der Waals surface area contributed by atoms with Gasteiger partial charge in [-0.15, -0.1) is 0 Å². The van der Waals surface area contributed by atoms with Crippen molar-refractivity contribution in [3.63, 3.8) is 0 Å². The molecule has 3 nitrogen and oxygen atoms in total. The molecule has 1 heterocycles. The van der Waals surface area contributed by atoms with E-state index in [4.69, 9.17) is 16.3 Å². The first kappa shape index (κ1) is 15.2. The van der Waals surface area contributed by atoms with Gasteiger partial charge in [0.05, 0.1) is 17.1 Å². The molecule has 1 fully saturated rings. The number of alkyl halides is 1. The van der Waals surface area contributed by atoms with Gasteiger partial charge in [-0.1, -0.05) is 23.7 Å². The normalized spacial score (nSPS) is 19.2. The Morgan fingerprint density at radius 3 is 2.67 bits per heavy atom. The minimum atomic E-state index is -0.684. The molecule has 1 N–H and O–H groups in total. The monoisotopic (exact) mass is 342 g/mol. The minimum Gasteiger partial charge on any atom is -0.493 e. The van der Waals surface area contributed by atoms with E-state index in [9.17, 15) is 4.39 Å². The lowest BCUT2D eigenvalue weighted by atomic mass is 10.2. The number of pyridine rings is 1. The minimum absolute atomic E-state index is 0.0642. The average Bonchev–Trinajstić information content (AvgIpc) is 3.30. The quantitative estimate of drug-likeness (QED) is 0.677. The molecular formula is C19H16ClFN2O. The van der Waals surface area contributed by atoms with Crippen LogP contribution < -0.4 is 10.1 Å². The first-order valence-corrected chi connectivity index (χ1v) is 8.26. The highest BCUT2D eigenvalue weighted by Gasteiger charge is 2.37. The second-order valence-electron chi connectivity index (χ2n) is 5.98. The largest absolute Gasteiger partial charge is 0.493 e. The molecule has 0 spiro atoms. The number of hydrogen-bond acceptors (Lipinski definition) is 3. The molecule has 3 aromatic rings. The maximum absolute atomic E-state index is 12.8. The molecule has 122 valence electrons. The second kappa shape index (κ2) is 6.29. The zero-order chi connectivity index (χ0) is 16.5. The van der Waals surface area contributed by atoms with Crippen molar-refractivity contribution in [3.8, 4) is 5.75 Å². The SMILES string of the molecule is F[C@@H]1C[C@@H]1COc1ccc(Nc2ccc3cccc(Cl)c3n2)cc1. The highest BCUT2D eigenvalue weighted by Crippen LogP contribution is 2.34. The van der Waals surface area contributed by atoms with Crippen molar-refractivity contribution in [2.45, 2.75) is 12.6 Å². The Kier molecular flexibility index (Phi) is 3.98.